The van der Waals surface area contributed by atoms with Crippen molar-refractivity contribution < 1.29 is 4.79 Å². The SMILES string of the molecule is Cl.N=C(N)c1ccc(CNC(=O)[C@@H]2C[C@@H](CCCc3cccc4ccccc34)c3c(Cl)nc(NC4CCC4)c(=O)n32)cc1. The van der Waals surface area contributed by atoms with E-state index in [1.807, 2.05) is 12.1 Å². The van der Waals surface area contributed by atoms with Crippen molar-refractivity contribution in [3.63, 3.8) is 0 Å². The molecule has 1 aromatic heterocycles. The summed E-state index contributed by atoms with van der Waals surface area (Å²) >= 11 is 6.77. The number of amidine groups is 1. The zero-order valence-electron chi connectivity index (χ0n) is 23.8. The third kappa shape index (κ3) is 6.40. The van der Waals surface area contributed by atoms with Crippen LogP contribution in [0.15, 0.2) is 71.5 Å². The van der Waals surface area contributed by atoms with Crippen LogP contribution in [0.4, 0.5) is 5.82 Å². The second-order valence-corrected chi connectivity index (χ2v) is 11.7. The minimum atomic E-state index is -0.672. The van der Waals surface area contributed by atoms with E-state index in [-0.39, 0.29) is 47.5 Å². The highest BCUT2D eigenvalue weighted by molar-refractivity contribution is 6.30. The molecule has 6 rings (SSSR count). The molecule has 8 nitrogen and oxygen atoms in total. The van der Waals surface area contributed by atoms with Crippen molar-refractivity contribution in [2.45, 2.75) is 69.5 Å². The van der Waals surface area contributed by atoms with Gasteiger partial charge in [-0.25, -0.2) is 4.98 Å². The van der Waals surface area contributed by atoms with Crippen LogP contribution >= 0.6 is 24.0 Å². The summed E-state index contributed by atoms with van der Waals surface area (Å²) < 4.78 is 1.59. The summed E-state index contributed by atoms with van der Waals surface area (Å²) in [6, 6.07) is 21.5. The summed E-state index contributed by atoms with van der Waals surface area (Å²) in [6.07, 6.45) is 6.16. The first-order valence-electron chi connectivity index (χ1n) is 14.6. The van der Waals surface area contributed by atoms with E-state index in [2.05, 4.69) is 58.1 Å². The molecule has 0 unspecified atom stereocenters. The lowest BCUT2D eigenvalue weighted by Crippen LogP contribution is -2.38. The number of carbonyl (C=O) groups is 1. The van der Waals surface area contributed by atoms with Gasteiger partial charge in [-0.05, 0) is 66.8 Å². The fraction of sp³-hybridized carbons (Fsp3) is 0.333. The van der Waals surface area contributed by atoms with Gasteiger partial charge in [-0.2, -0.15) is 0 Å². The Morgan fingerprint density at radius 2 is 1.81 bits per heavy atom. The predicted octanol–water partition coefficient (Wildman–Crippen LogP) is 6.09. The van der Waals surface area contributed by atoms with Gasteiger partial charge in [0.25, 0.3) is 5.56 Å². The summed E-state index contributed by atoms with van der Waals surface area (Å²) in [5.74, 6) is -0.0586. The van der Waals surface area contributed by atoms with E-state index >= 15 is 0 Å². The van der Waals surface area contributed by atoms with Crippen molar-refractivity contribution in [2.75, 3.05) is 5.32 Å². The number of hydrogen-bond donors (Lipinski definition) is 4. The minimum absolute atomic E-state index is 0. The number of anilines is 1. The second kappa shape index (κ2) is 13.2. The molecular weight excluding hydrogens is 583 g/mol. The number of benzene rings is 3. The summed E-state index contributed by atoms with van der Waals surface area (Å²) in [5.41, 5.74) is 8.73. The highest BCUT2D eigenvalue weighted by Gasteiger charge is 2.39. The summed E-state index contributed by atoms with van der Waals surface area (Å²) in [7, 11) is 0. The van der Waals surface area contributed by atoms with Crippen LogP contribution in [0.1, 0.15) is 72.9 Å². The Balaban J connectivity index is 0.00000368. The monoisotopic (exact) mass is 618 g/mol. The highest BCUT2D eigenvalue weighted by Crippen LogP contribution is 2.42. The Morgan fingerprint density at radius 1 is 1.07 bits per heavy atom. The number of halogens is 2. The van der Waals surface area contributed by atoms with Gasteiger partial charge in [0.15, 0.2) is 11.0 Å². The minimum Gasteiger partial charge on any atom is -0.384 e. The van der Waals surface area contributed by atoms with Crippen molar-refractivity contribution in [3.05, 3.63) is 105 Å². The molecule has 2 atom stereocenters. The molecule has 3 aromatic carbocycles. The van der Waals surface area contributed by atoms with Crippen LogP contribution in [0.3, 0.4) is 0 Å². The van der Waals surface area contributed by atoms with Crippen LogP contribution in [0.5, 0.6) is 0 Å². The number of amides is 1. The second-order valence-electron chi connectivity index (χ2n) is 11.4. The number of fused-ring (bicyclic) bond motifs is 2. The Bertz CT molecular complexity index is 1700. The molecule has 0 radical (unpaired) electrons. The van der Waals surface area contributed by atoms with Crippen LogP contribution < -0.4 is 21.9 Å². The number of hydrogen-bond acceptors (Lipinski definition) is 5. The number of nitrogens with zero attached hydrogens (tertiary/aromatic N) is 2. The fourth-order valence-corrected chi connectivity index (χ4v) is 6.49. The number of rotatable bonds is 10. The maximum absolute atomic E-state index is 13.7. The van der Waals surface area contributed by atoms with Crippen molar-refractivity contribution in [1.82, 2.24) is 14.9 Å². The van der Waals surface area contributed by atoms with Crippen molar-refractivity contribution in [1.29, 1.82) is 5.41 Å². The van der Waals surface area contributed by atoms with Gasteiger partial charge in [-0.3, -0.25) is 19.6 Å². The van der Waals surface area contributed by atoms with E-state index < -0.39 is 6.04 Å². The highest BCUT2D eigenvalue weighted by atomic mass is 35.5. The molecule has 4 aromatic rings. The van der Waals surface area contributed by atoms with Gasteiger partial charge in [0.2, 0.25) is 5.91 Å². The van der Waals surface area contributed by atoms with Crippen molar-refractivity contribution in [2.24, 2.45) is 5.73 Å². The van der Waals surface area contributed by atoms with Crippen LogP contribution in [-0.2, 0) is 17.8 Å². The van der Waals surface area contributed by atoms with E-state index in [0.29, 0.717) is 29.4 Å². The van der Waals surface area contributed by atoms with Crippen LogP contribution in [0.2, 0.25) is 5.15 Å². The molecule has 1 saturated carbocycles. The van der Waals surface area contributed by atoms with E-state index in [1.165, 1.54) is 16.3 Å². The molecule has 2 heterocycles. The molecule has 43 heavy (non-hydrogen) atoms. The number of aryl methyl sites for hydroxylation is 1. The normalized spacial score (nSPS) is 17.5. The average Bonchev–Trinajstić information content (AvgIpc) is 3.37. The zero-order valence-corrected chi connectivity index (χ0v) is 25.4. The van der Waals surface area contributed by atoms with Gasteiger partial charge in [0, 0.05) is 24.1 Å². The first-order chi connectivity index (χ1) is 20.4. The number of carbonyl (C=O) groups excluding carboxylic acids is 1. The molecule has 1 amide bonds. The standard InChI is InChI=1S/C33H35ClN6O2.ClH/c34-29-28-24(10-4-9-22-8-3-7-21-6-1-2-13-26(21)22)18-27(40(28)33(42)31(39-29)38-25-11-5-12-25)32(41)37-19-20-14-16-23(17-15-20)30(35)36;/h1-3,6-8,13-17,24-25,27H,4-5,9-12,18-19H2,(H3,35,36)(H,37,41)(H,38,39);1H/t24-,27+;/m1./s1. The topological polar surface area (TPSA) is 126 Å². The van der Waals surface area contributed by atoms with Gasteiger partial charge in [0.05, 0.1) is 5.69 Å². The molecule has 224 valence electrons. The number of aromatic nitrogens is 2. The molecule has 1 aliphatic carbocycles. The zero-order chi connectivity index (χ0) is 29.2. The molecular formula is C33H36Cl2N6O2. The van der Waals surface area contributed by atoms with Gasteiger partial charge in [0.1, 0.15) is 11.9 Å². The first kappa shape index (κ1) is 30.6. The maximum atomic E-state index is 13.7. The summed E-state index contributed by atoms with van der Waals surface area (Å²) in [6.45, 7) is 0.301. The number of nitrogens with one attached hydrogen (secondary N) is 3. The molecule has 2 aliphatic rings. The lowest BCUT2D eigenvalue weighted by atomic mass is 9.93. The molecule has 0 spiro atoms. The molecule has 1 aliphatic heterocycles. The molecule has 0 saturated heterocycles. The van der Waals surface area contributed by atoms with Crippen molar-refractivity contribution >= 4 is 52.3 Å². The lowest BCUT2D eigenvalue weighted by molar-refractivity contribution is -0.124. The van der Waals surface area contributed by atoms with Gasteiger partial charge < -0.3 is 16.4 Å². The smallest absolute Gasteiger partial charge is 0.294 e. The Morgan fingerprint density at radius 3 is 2.53 bits per heavy atom. The van der Waals surface area contributed by atoms with Gasteiger partial charge in [-0.15, -0.1) is 12.4 Å². The molecule has 0 bridgehead atoms. The van der Waals surface area contributed by atoms with E-state index in [9.17, 15) is 9.59 Å². The summed E-state index contributed by atoms with van der Waals surface area (Å²) in [4.78, 5) is 31.8. The molecule has 5 N–H and O–H groups in total. The van der Waals surface area contributed by atoms with Crippen molar-refractivity contribution in [3.8, 4) is 0 Å². The number of nitrogen functional groups attached to an aromatic ring is 1. The first-order valence-corrected chi connectivity index (χ1v) is 15.0. The molecule has 1 fully saturated rings. The third-order valence-electron chi connectivity index (χ3n) is 8.67. The predicted molar refractivity (Wildman–Crippen MR) is 175 cm³/mol. The maximum Gasteiger partial charge on any atom is 0.294 e. The largest absolute Gasteiger partial charge is 0.384 e. The molecule has 10 heteroatoms. The lowest BCUT2D eigenvalue weighted by Gasteiger charge is -2.27. The Hall–Kier alpha value is -3.88. The van der Waals surface area contributed by atoms with Gasteiger partial charge in [-0.1, -0.05) is 78.3 Å². The van der Waals surface area contributed by atoms with Crippen LogP contribution in [0.25, 0.3) is 10.8 Å². The quantitative estimate of drug-likeness (QED) is 0.126. The van der Waals surface area contributed by atoms with E-state index in [0.717, 1.165) is 44.1 Å². The average molecular weight is 620 g/mol. The van der Waals surface area contributed by atoms with E-state index in [1.54, 1.807) is 16.7 Å². The summed E-state index contributed by atoms with van der Waals surface area (Å²) in [5, 5.41) is 16.6. The number of nitrogens with two attached hydrogens (primary N) is 1. The van der Waals surface area contributed by atoms with Crippen LogP contribution in [-0.4, -0.2) is 27.3 Å². The fourth-order valence-electron chi connectivity index (χ4n) is 6.16. The van der Waals surface area contributed by atoms with Gasteiger partial charge >= 0.3 is 0 Å². The van der Waals surface area contributed by atoms with Crippen LogP contribution in [0, 0.1) is 5.41 Å². The third-order valence-corrected chi connectivity index (χ3v) is 8.95. The Labute approximate surface area is 262 Å². The van der Waals surface area contributed by atoms with E-state index in [4.69, 9.17) is 22.7 Å². The Kier molecular flexibility index (Phi) is 9.37.